The minimum absolute atomic E-state index is 0.171. The van der Waals surface area contributed by atoms with E-state index < -0.39 is 5.82 Å². The van der Waals surface area contributed by atoms with Gasteiger partial charge in [-0.1, -0.05) is 6.92 Å². The number of nitrogens with one attached hydrogen (secondary N) is 3. The number of rotatable bonds is 12. The molecule has 0 saturated carbocycles. The first kappa shape index (κ1) is 24.3. The normalized spacial score (nSPS) is 16.2. The predicted octanol–water partition coefficient (Wildman–Crippen LogP) is 2.78. The molecule has 11 heteroatoms. The van der Waals surface area contributed by atoms with Gasteiger partial charge in [0.15, 0.2) is 11.6 Å². The Morgan fingerprint density at radius 2 is 2.00 bits per heavy atom. The molecule has 3 rings (SSSR count). The van der Waals surface area contributed by atoms with E-state index in [9.17, 15) is 4.39 Å². The molecule has 10 nitrogen and oxygen atoms in total. The molecule has 1 aliphatic rings. The molecule has 1 atom stereocenters. The highest BCUT2D eigenvalue weighted by atomic mass is 19.1. The highest BCUT2D eigenvalue weighted by Crippen LogP contribution is 2.23. The average Bonchev–Trinajstić information content (AvgIpc) is 3.25. The van der Waals surface area contributed by atoms with Crippen LogP contribution in [0.2, 0.25) is 0 Å². The molecule has 1 aromatic carbocycles. The van der Waals surface area contributed by atoms with Gasteiger partial charge in [-0.25, -0.2) is 4.39 Å². The molecule has 0 aliphatic carbocycles. The van der Waals surface area contributed by atoms with Gasteiger partial charge in [-0.3, -0.25) is 0 Å². The van der Waals surface area contributed by atoms with Crippen molar-refractivity contribution in [3.8, 4) is 5.75 Å². The SMILES string of the molecule is CCN1CCCC1CCNc1nc(NCN(C)/C=C\N)nc(Nc2ccc(OC)c(F)c2)n1. The summed E-state index contributed by atoms with van der Waals surface area (Å²) in [6, 6.07) is 5.16. The Morgan fingerprint density at radius 3 is 2.70 bits per heavy atom. The number of hydrogen-bond donors (Lipinski definition) is 4. The Hall–Kier alpha value is -3.34. The molecule has 1 aliphatic heterocycles. The molecule has 2 aromatic rings. The van der Waals surface area contributed by atoms with Crippen LogP contribution in [0.3, 0.4) is 0 Å². The van der Waals surface area contributed by atoms with Crippen molar-refractivity contribution in [3.05, 3.63) is 36.4 Å². The van der Waals surface area contributed by atoms with Gasteiger partial charge in [0.25, 0.3) is 0 Å². The van der Waals surface area contributed by atoms with Crippen LogP contribution in [0.4, 0.5) is 27.9 Å². The van der Waals surface area contributed by atoms with E-state index >= 15 is 0 Å². The maximum absolute atomic E-state index is 14.1. The highest BCUT2D eigenvalue weighted by molar-refractivity contribution is 5.57. The van der Waals surface area contributed by atoms with E-state index in [1.54, 1.807) is 18.3 Å². The molecular weight excluding hydrogens is 425 g/mol. The Kier molecular flexibility index (Phi) is 8.87. The third-order valence-corrected chi connectivity index (χ3v) is 5.54. The summed E-state index contributed by atoms with van der Waals surface area (Å²) < 4.78 is 19.1. The summed E-state index contributed by atoms with van der Waals surface area (Å²) in [6.45, 7) is 5.63. The second kappa shape index (κ2) is 12.0. The molecule has 0 radical (unpaired) electrons. The van der Waals surface area contributed by atoms with Crippen molar-refractivity contribution in [2.24, 2.45) is 5.73 Å². The van der Waals surface area contributed by atoms with Crippen LogP contribution >= 0.6 is 0 Å². The van der Waals surface area contributed by atoms with E-state index in [4.69, 9.17) is 10.5 Å². The molecule has 0 bridgehead atoms. The van der Waals surface area contributed by atoms with E-state index in [-0.39, 0.29) is 5.75 Å². The second-order valence-electron chi connectivity index (χ2n) is 7.85. The molecular formula is C22H34FN9O. The van der Waals surface area contributed by atoms with Crippen LogP contribution in [0.15, 0.2) is 30.6 Å². The fraction of sp³-hybridized carbons (Fsp3) is 0.500. The van der Waals surface area contributed by atoms with Crippen molar-refractivity contribution in [1.29, 1.82) is 0 Å². The molecule has 180 valence electrons. The summed E-state index contributed by atoms with van der Waals surface area (Å²) in [4.78, 5) is 17.7. The highest BCUT2D eigenvalue weighted by Gasteiger charge is 2.22. The van der Waals surface area contributed by atoms with E-state index in [0.29, 0.717) is 36.2 Å². The summed E-state index contributed by atoms with van der Waals surface area (Å²) in [5.41, 5.74) is 5.94. The van der Waals surface area contributed by atoms with Crippen LogP contribution in [0, 0.1) is 5.82 Å². The number of anilines is 4. The molecule has 1 unspecified atom stereocenters. The second-order valence-corrected chi connectivity index (χ2v) is 7.85. The largest absolute Gasteiger partial charge is 0.494 e. The van der Waals surface area contributed by atoms with E-state index in [0.717, 1.165) is 26.1 Å². The van der Waals surface area contributed by atoms with Gasteiger partial charge in [-0.15, -0.1) is 0 Å². The van der Waals surface area contributed by atoms with Crippen molar-refractivity contribution >= 4 is 23.5 Å². The monoisotopic (exact) mass is 459 g/mol. The van der Waals surface area contributed by atoms with Gasteiger partial charge >= 0.3 is 0 Å². The lowest BCUT2D eigenvalue weighted by atomic mass is 10.1. The molecule has 33 heavy (non-hydrogen) atoms. The fourth-order valence-electron chi connectivity index (χ4n) is 3.85. The number of nitrogens with two attached hydrogens (primary N) is 1. The van der Waals surface area contributed by atoms with Crippen LogP contribution in [0.25, 0.3) is 0 Å². The lowest BCUT2D eigenvalue weighted by Gasteiger charge is -2.22. The zero-order chi connectivity index (χ0) is 23.6. The van der Waals surface area contributed by atoms with Gasteiger partial charge in [0.1, 0.15) is 0 Å². The maximum atomic E-state index is 14.1. The molecule has 0 amide bonds. The summed E-state index contributed by atoms with van der Waals surface area (Å²) in [5.74, 6) is 0.831. The van der Waals surface area contributed by atoms with Crippen LogP contribution in [-0.4, -0.2) is 71.3 Å². The first-order valence-electron chi connectivity index (χ1n) is 11.2. The molecule has 1 aromatic heterocycles. The third kappa shape index (κ3) is 7.07. The standard InChI is InChI=1S/C22H34FN9O/c1-4-32-12-5-6-17(32)9-11-25-20-28-21(26-15-31(2)13-10-24)30-22(29-20)27-16-7-8-19(33-3)18(23)14-16/h7-8,10,13-14,17H,4-6,9,11-12,15,24H2,1-3H3,(H3,25,26,27,28,29,30)/b13-10-. The van der Waals surface area contributed by atoms with Crippen LogP contribution in [-0.2, 0) is 0 Å². The predicted molar refractivity (Wildman–Crippen MR) is 129 cm³/mol. The van der Waals surface area contributed by atoms with Crippen LogP contribution < -0.4 is 26.4 Å². The van der Waals surface area contributed by atoms with Crippen molar-refractivity contribution in [3.63, 3.8) is 0 Å². The minimum Gasteiger partial charge on any atom is -0.494 e. The number of likely N-dealkylation sites (tertiary alicyclic amines) is 1. The molecule has 1 fully saturated rings. The van der Waals surface area contributed by atoms with Gasteiger partial charge in [0, 0.05) is 43.8 Å². The first-order chi connectivity index (χ1) is 16.0. The van der Waals surface area contributed by atoms with Gasteiger partial charge in [-0.05, 0) is 44.5 Å². The lowest BCUT2D eigenvalue weighted by Crippen LogP contribution is -2.30. The Morgan fingerprint density at radius 1 is 1.24 bits per heavy atom. The average molecular weight is 460 g/mol. The van der Waals surface area contributed by atoms with E-state index in [1.807, 2.05) is 11.9 Å². The number of halogens is 1. The molecule has 2 heterocycles. The van der Waals surface area contributed by atoms with Crippen molar-refractivity contribution in [2.45, 2.75) is 32.2 Å². The molecule has 5 N–H and O–H groups in total. The number of ether oxygens (including phenoxy) is 1. The number of benzene rings is 1. The number of methoxy groups -OCH3 is 1. The summed E-state index contributed by atoms with van der Waals surface area (Å²) in [5, 5.41) is 9.51. The number of nitrogens with zero attached hydrogens (tertiary/aromatic N) is 5. The fourth-order valence-corrected chi connectivity index (χ4v) is 3.85. The van der Waals surface area contributed by atoms with Crippen LogP contribution in [0.5, 0.6) is 5.75 Å². The maximum Gasteiger partial charge on any atom is 0.233 e. The lowest BCUT2D eigenvalue weighted by molar-refractivity contribution is 0.259. The smallest absolute Gasteiger partial charge is 0.233 e. The van der Waals surface area contributed by atoms with Gasteiger partial charge in [0.2, 0.25) is 17.8 Å². The summed E-state index contributed by atoms with van der Waals surface area (Å²) >= 11 is 0. The topological polar surface area (TPSA) is 116 Å². The summed E-state index contributed by atoms with van der Waals surface area (Å²) in [6.07, 6.45) is 6.66. The van der Waals surface area contributed by atoms with E-state index in [2.05, 4.69) is 42.7 Å². The van der Waals surface area contributed by atoms with Gasteiger partial charge < -0.3 is 36.2 Å². The Balaban J connectivity index is 1.71. The number of hydrogen-bond acceptors (Lipinski definition) is 10. The third-order valence-electron chi connectivity index (χ3n) is 5.54. The Labute approximate surface area is 194 Å². The Bertz CT molecular complexity index is 927. The zero-order valence-corrected chi connectivity index (χ0v) is 19.5. The quantitative estimate of drug-likeness (QED) is 0.353. The van der Waals surface area contributed by atoms with E-state index in [1.165, 1.54) is 32.2 Å². The minimum atomic E-state index is -0.472. The van der Waals surface area contributed by atoms with Gasteiger partial charge in [-0.2, -0.15) is 15.0 Å². The first-order valence-corrected chi connectivity index (χ1v) is 11.2. The van der Waals surface area contributed by atoms with Crippen LogP contribution in [0.1, 0.15) is 26.2 Å². The molecule has 1 saturated heterocycles. The van der Waals surface area contributed by atoms with Crippen molar-refractivity contribution in [2.75, 3.05) is 56.4 Å². The number of aromatic nitrogens is 3. The van der Waals surface area contributed by atoms with Gasteiger partial charge in [0.05, 0.1) is 13.8 Å². The zero-order valence-electron chi connectivity index (χ0n) is 19.5. The summed E-state index contributed by atoms with van der Waals surface area (Å²) in [7, 11) is 3.30. The van der Waals surface area contributed by atoms with Crippen molar-refractivity contribution in [1.82, 2.24) is 24.8 Å². The van der Waals surface area contributed by atoms with Crippen molar-refractivity contribution < 1.29 is 9.13 Å². The molecule has 0 spiro atoms.